The molecule has 114 valence electrons. The molecule has 0 aliphatic heterocycles. The van der Waals surface area contributed by atoms with Crippen LogP contribution in [0.1, 0.15) is 31.2 Å². The number of benzene rings is 1. The van der Waals surface area contributed by atoms with Crippen LogP contribution in [-0.4, -0.2) is 42.1 Å². The van der Waals surface area contributed by atoms with Crippen molar-refractivity contribution in [2.75, 3.05) is 20.1 Å². The van der Waals surface area contributed by atoms with Gasteiger partial charge < -0.3 is 15.3 Å². The second kappa shape index (κ2) is 6.16. The molecule has 0 aromatic heterocycles. The molecule has 1 aliphatic carbocycles. The molecule has 1 fully saturated rings. The first-order valence-electron chi connectivity index (χ1n) is 7.18. The third kappa shape index (κ3) is 3.97. The van der Waals surface area contributed by atoms with E-state index in [1.165, 1.54) is 10.5 Å². The van der Waals surface area contributed by atoms with Gasteiger partial charge in [-0.05, 0) is 23.3 Å². The number of nitrogens with zero attached hydrogens (tertiary/aromatic N) is 1. The molecular formula is C16H22N2O3. The van der Waals surface area contributed by atoms with Crippen molar-refractivity contribution in [3.05, 3.63) is 35.9 Å². The van der Waals surface area contributed by atoms with Crippen LogP contribution >= 0.6 is 0 Å². The molecule has 5 nitrogen and oxygen atoms in total. The van der Waals surface area contributed by atoms with Gasteiger partial charge in [0.25, 0.3) is 0 Å². The minimum absolute atomic E-state index is 0.0339. The predicted octanol–water partition coefficient (Wildman–Crippen LogP) is 2.30. The minimum Gasteiger partial charge on any atom is -0.481 e. The third-order valence-corrected chi connectivity index (χ3v) is 4.20. The molecule has 0 spiro atoms. The number of nitrogens with one attached hydrogen (secondary N) is 1. The van der Waals surface area contributed by atoms with Gasteiger partial charge in [0.15, 0.2) is 0 Å². The average molecular weight is 290 g/mol. The van der Waals surface area contributed by atoms with E-state index >= 15 is 0 Å². The molecule has 0 saturated heterocycles. The largest absolute Gasteiger partial charge is 0.481 e. The number of aliphatic carboxylic acids is 1. The molecule has 0 radical (unpaired) electrons. The second-order valence-corrected chi connectivity index (χ2v) is 6.05. The summed E-state index contributed by atoms with van der Waals surface area (Å²) in [4.78, 5) is 23.8. The zero-order valence-corrected chi connectivity index (χ0v) is 12.5. The highest BCUT2D eigenvalue weighted by Crippen LogP contribution is 2.58. The number of amides is 2. The van der Waals surface area contributed by atoms with E-state index in [1.807, 2.05) is 18.2 Å². The van der Waals surface area contributed by atoms with Crippen LogP contribution in [0.4, 0.5) is 4.79 Å². The molecule has 5 heteroatoms. The molecule has 1 saturated carbocycles. The van der Waals surface area contributed by atoms with Crippen LogP contribution < -0.4 is 5.32 Å². The van der Waals surface area contributed by atoms with Crippen molar-refractivity contribution < 1.29 is 14.7 Å². The van der Waals surface area contributed by atoms with Crippen molar-refractivity contribution in [2.24, 2.45) is 5.41 Å². The molecule has 0 bridgehead atoms. The van der Waals surface area contributed by atoms with E-state index in [0.717, 1.165) is 6.42 Å². The first kappa shape index (κ1) is 15.4. The summed E-state index contributed by atoms with van der Waals surface area (Å²) in [5.74, 6) is -0.406. The standard InChI is InChI=1S/C16H22N2O3/c1-16(10-13(16)12-6-4-3-5-7-12)11-17-15(21)18(2)9-8-14(19)20/h3-7,13H,8-11H2,1-2H3,(H,17,21)(H,19,20)/t13-,16-/m0/s1. The fourth-order valence-electron chi connectivity index (χ4n) is 2.59. The summed E-state index contributed by atoms with van der Waals surface area (Å²) < 4.78 is 0. The Morgan fingerprint density at radius 1 is 1.38 bits per heavy atom. The Balaban J connectivity index is 1.78. The number of carboxylic acid groups (broad SMARTS) is 1. The van der Waals surface area contributed by atoms with Crippen molar-refractivity contribution in [2.45, 2.75) is 25.7 Å². The van der Waals surface area contributed by atoms with Gasteiger partial charge in [0, 0.05) is 20.1 Å². The molecule has 1 aromatic rings. The van der Waals surface area contributed by atoms with Gasteiger partial charge in [-0.25, -0.2) is 4.79 Å². The average Bonchev–Trinajstić information content (AvgIpc) is 3.15. The molecule has 1 aromatic carbocycles. The van der Waals surface area contributed by atoms with Crippen LogP contribution in [-0.2, 0) is 4.79 Å². The molecule has 2 rings (SSSR count). The molecule has 2 N–H and O–H groups in total. The molecule has 2 amide bonds. The fourth-order valence-corrected chi connectivity index (χ4v) is 2.59. The summed E-state index contributed by atoms with van der Waals surface area (Å²) in [6, 6.07) is 10.1. The number of hydrogen-bond acceptors (Lipinski definition) is 2. The van der Waals surface area contributed by atoms with Gasteiger partial charge >= 0.3 is 12.0 Å². The van der Waals surface area contributed by atoms with Crippen LogP contribution in [0, 0.1) is 5.41 Å². The zero-order valence-electron chi connectivity index (χ0n) is 12.5. The van der Waals surface area contributed by atoms with Crippen molar-refractivity contribution in [1.29, 1.82) is 0 Å². The van der Waals surface area contributed by atoms with Gasteiger partial charge in [-0.15, -0.1) is 0 Å². The molecular weight excluding hydrogens is 268 g/mol. The highest BCUT2D eigenvalue weighted by Gasteiger charge is 2.50. The first-order valence-corrected chi connectivity index (χ1v) is 7.18. The van der Waals surface area contributed by atoms with E-state index in [2.05, 4.69) is 24.4 Å². The lowest BCUT2D eigenvalue weighted by atomic mass is 10.0. The molecule has 21 heavy (non-hydrogen) atoms. The van der Waals surface area contributed by atoms with Crippen LogP contribution in [0.5, 0.6) is 0 Å². The van der Waals surface area contributed by atoms with E-state index in [4.69, 9.17) is 5.11 Å². The summed E-state index contributed by atoms with van der Waals surface area (Å²) in [6.07, 6.45) is 1.03. The van der Waals surface area contributed by atoms with Gasteiger partial charge in [0.05, 0.1) is 6.42 Å². The smallest absolute Gasteiger partial charge is 0.317 e. The van der Waals surface area contributed by atoms with Gasteiger partial charge in [0.2, 0.25) is 0 Å². The Hall–Kier alpha value is -2.04. The molecule has 0 unspecified atom stereocenters. The predicted molar refractivity (Wildman–Crippen MR) is 80.2 cm³/mol. The summed E-state index contributed by atoms with van der Waals surface area (Å²) >= 11 is 0. The van der Waals surface area contributed by atoms with Crippen LogP contribution in [0.15, 0.2) is 30.3 Å². The van der Waals surface area contributed by atoms with Crippen molar-refractivity contribution in [1.82, 2.24) is 10.2 Å². The maximum atomic E-state index is 11.9. The van der Waals surface area contributed by atoms with Crippen LogP contribution in [0.2, 0.25) is 0 Å². The van der Waals surface area contributed by atoms with E-state index in [-0.39, 0.29) is 24.4 Å². The SMILES string of the molecule is CN(CCC(=O)O)C(=O)NC[C@]1(C)C[C@H]1c1ccccc1. The number of carboxylic acids is 1. The first-order chi connectivity index (χ1) is 9.92. The van der Waals surface area contributed by atoms with Gasteiger partial charge in [-0.3, -0.25) is 4.79 Å². The number of carbonyl (C=O) groups excluding carboxylic acids is 1. The van der Waals surface area contributed by atoms with E-state index < -0.39 is 5.97 Å². The highest BCUT2D eigenvalue weighted by molar-refractivity contribution is 5.75. The monoisotopic (exact) mass is 290 g/mol. The maximum absolute atomic E-state index is 11.9. The Kier molecular flexibility index (Phi) is 4.50. The van der Waals surface area contributed by atoms with Gasteiger partial charge in [-0.2, -0.15) is 0 Å². The fraction of sp³-hybridized carbons (Fsp3) is 0.500. The van der Waals surface area contributed by atoms with Crippen LogP contribution in [0.3, 0.4) is 0 Å². The van der Waals surface area contributed by atoms with Crippen molar-refractivity contribution in [3.8, 4) is 0 Å². The van der Waals surface area contributed by atoms with Crippen molar-refractivity contribution >= 4 is 12.0 Å². The zero-order chi connectivity index (χ0) is 15.5. The number of rotatable bonds is 6. The minimum atomic E-state index is -0.895. The molecule has 1 aliphatic rings. The summed E-state index contributed by atoms with van der Waals surface area (Å²) in [7, 11) is 1.61. The van der Waals surface area contributed by atoms with E-state index in [0.29, 0.717) is 12.5 Å². The normalized spacial score (nSPS) is 23.4. The summed E-state index contributed by atoms with van der Waals surface area (Å²) in [5, 5.41) is 11.5. The maximum Gasteiger partial charge on any atom is 0.317 e. The summed E-state index contributed by atoms with van der Waals surface area (Å²) in [5.41, 5.74) is 1.42. The van der Waals surface area contributed by atoms with Gasteiger partial charge in [-0.1, -0.05) is 37.3 Å². The summed E-state index contributed by atoms with van der Waals surface area (Å²) in [6.45, 7) is 3.00. The number of hydrogen-bond donors (Lipinski definition) is 2. The van der Waals surface area contributed by atoms with E-state index in [9.17, 15) is 9.59 Å². The number of urea groups is 1. The third-order valence-electron chi connectivity index (χ3n) is 4.20. The lowest BCUT2D eigenvalue weighted by molar-refractivity contribution is -0.137. The van der Waals surface area contributed by atoms with Crippen molar-refractivity contribution in [3.63, 3.8) is 0 Å². The topological polar surface area (TPSA) is 69.6 Å². The highest BCUT2D eigenvalue weighted by atomic mass is 16.4. The second-order valence-electron chi connectivity index (χ2n) is 6.05. The number of carbonyl (C=O) groups is 2. The van der Waals surface area contributed by atoms with Gasteiger partial charge in [0.1, 0.15) is 0 Å². The van der Waals surface area contributed by atoms with Crippen LogP contribution in [0.25, 0.3) is 0 Å². The molecule has 0 heterocycles. The lowest BCUT2D eigenvalue weighted by Crippen LogP contribution is -2.40. The lowest BCUT2D eigenvalue weighted by Gasteiger charge is -2.19. The van der Waals surface area contributed by atoms with E-state index in [1.54, 1.807) is 7.05 Å². The Morgan fingerprint density at radius 2 is 2.05 bits per heavy atom. The Bertz CT molecular complexity index is 518. The molecule has 2 atom stereocenters. The Morgan fingerprint density at radius 3 is 2.67 bits per heavy atom. The Labute approximate surface area is 125 Å². The quantitative estimate of drug-likeness (QED) is 0.844.